The molecule has 1 unspecified atom stereocenters. The summed E-state index contributed by atoms with van der Waals surface area (Å²) >= 11 is 3.65. The van der Waals surface area contributed by atoms with Gasteiger partial charge in [-0.05, 0) is 41.2 Å². The number of hydrogen-bond donors (Lipinski definition) is 1. The standard InChI is InChI=1S/C14H24BrN3O2/c1-3-16-13(11-4-7-20-8-5-11)14-12(15)10-17-18(14)6-9-19-2/h10-11,13,16H,3-9H2,1-2H3. The summed E-state index contributed by atoms with van der Waals surface area (Å²) in [6.45, 7) is 6.27. The lowest BCUT2D eigenvalue weighted by Gasteiger charge is -2.31. The molecule has 1 saturated heterocycles. The predicted molar refractivity (Wildman–Crippen MR) is 81.8 cm³/mol. The Bertz CT molecular complexity index is 405. The third-order valence-electron chi connectivity index (χ3n) is 3.80. The maximum Gasteiger partial charge on any atom is 0.0699 e. The van der Waals surface area contributed by atoms with Gasteiger partial charge in [-0.3, -0.25) is 4.68 Å². The third kappa shape index (κ3) is 3.81. The summed E-state index contributed by atoms with van der Waals surface area (Å²) in [6, 6.07) is 0.317. The van der Waals surface area contributed by atoms with Gasteiger partial charge in [0.05, 0.1) is 35.6 Å². The van der Waals surface area contributed by atoms with E-state index in [0.717, 1.165) is 43.6 Å². The quantitative estimate of drug-likeness (QED) is 0.824. The van der Waals surface area contributed by atoms with Crippen molar-refractivity contribution in [2.75, 3.05) is 33.5 Å². The number of nitrogens with one attached hydrogen (secondary N) is 1. The van der Waals surface area contributed by atoms with Crippen LogP contribution in [-0.2, 0) is 16.0 Å². The van der Waals surface area contributed by atoms with Gasteiger partial charge >= 0.3 is 0 Å². The Labute approximate surface area is 129 Å². The number of rotatable bonds is 7. The van der Waals surface area contributed by atoms with Crippen molar-refractivity contribution < 1.29 is 9.47 Å². The van der Waals surface area contributed by atoms with Gasteiger partial charge in [0.15, 0.2) is 0 Å². The maximum atomic E-state index is 5.49. The highest BCUT2D eigenvalue weighted by molar-refractivity contribution is 9.10. The van der Waals surface area contributed by atoms with E-state index in [4.69, 9.17) is 9.47 Å². The van der Waals surface area contributed by atoms with Gasteiger partial charge in [0, 0.05) is 20.3 Å². The number of aromatic nitrogens is 2. The normalized spacial score (nSPS) is 18.4. The van der Waals surface area contributed by atoms with Crippen LogP contribution in [-0.4, -0.2) is 43.3 Å². The summed E-state index contributed by atoms with van der Waals surface area (Å²) in [4.78, 5) is 0. The first kappa shape index (κ1) is 15.9. The third-order valence-corrected chi connectivity index (χ3v) is 4.41. The van der Waals surface area contributed by atoms with Crippen molar-refractivity contribution in [2.45, 2.75) is 32.4 Å². The minimum Gasteiger partial charge on any atom is -0.383 e. The Morgan fingerprint density at radius 1 is 1.55 bits per heavy atom. The zero-order valence-electron chi connectivity index (χ0n) is 12.3. The summed E-state index contributed by atoms with van der Waals surface area (Å²) in [5.41, 5.74) is 1.23. The van der Waals surface area contributed by atoms with Gasteiger partial charge in [-0.15, -0.1) is 0 Å². The van der Waals surface area contributed by atoms with E-state index in [1.54, 1.807) is 7.11 Å². The Hall–Kier alpha value is -0.430. The largest absolute Gasteiger partial charge is 0.383 e. The fraction of sp³-hybridized carbons (Fsp3) is 0.786. The van der Waals surface area contributed by atoms with Crippen molar-refractivity contribution in [3.63, 3.8) is 0 Å². The number of methoxy groups -OCH3 is 1. The maximum absolute atomic E-state index is 5.49. The first-order chi connectivity index (χ1) is 9.77. The van der Waals surface area contributed by atoms with E-state index < -0.39 is 0 Å². The Kier molecular flexibility index (Phi) is 6.48. The Balaban J connectivity index is 2.20. The van der Waals surface area contributed by atoms with Crippen molar-refractivity contribution in [2.24, 2.45) is 5.92 Å². The average Bonchev–Trinajstić information content (AvgIpc) is 2.84. The molecule has 1 aromatic heterocycles. The molecule has 6 heteroatoms. The van der Waals surface area contributed by atoms with Crippen LogP contribution < -0.4 is 5.32 Å². The van der Waals surface area contributed by atoms with Gasteiger partial charge in [0.25, 0.3) is 0 Å². The second-order valence-corrected chi connectivity index (χ2v) is 5.93. The molecule has 1 atom stereocenters. The zero-order chi connectivity index (χ0) is 14.4. The van der Waals surface area contributed by atoms with Crippen LogP contribution in [0.2, 0.25) is 0 Å². The first-order valence-electron chi connectivity index (χ1n) is 7.29. The fourth-order valence-electron chi connectivity index (χ4n) is 2.79. The van der Waals surface area contributed by atoms with E-state index in [0.29, 0.717) is 18.6 Å². The van der Waals surface area contributed by atoms with E-state index in [1.807, 2.05) is 6.20 Å². The van der Waals surface area contributed by atoms with Gasteiger partial charge in [0.2, 0.25) is 0 Å². The van der Waals surface area contributed by atoms with Crippen molar-refractivity contribution >= 4 is 15.9 Å². The molecule has 1 aliphatic rings. The van der Waals surface area contributed by atoms with E-state index in [9.17, 15) is 0 Å². The monoisotopic (exact) mass is 345 g/mol. The van der Waals surface area contributed by atoms with E-state index >= 15 is 0 Å². The molecule has 0 radical (unpaired) electrons. The van der Waals surface area contributed by atoms with Crippen LogP contribution in [0.25, 0.3) is 0 Å². The second kappa shape index (κ2) is 8.12. The molecule has 0 spiro atoms. The summed E-state index contributed by atoms with van der Waals surface area (Å²) in [6.07, 6.45) is 4.08. The molecule has 1 N–H and O–H groups in total. The molecule has 0 aromatic carbocycles. The van der Waals surface area contributed by atoms with Gasteiger partial charge in [-0.2, -0.15) is 5.10 Å². The lowest BCUT2D eigenvalue weighted by atomic mass is 9.89. The van der Waals surface area contributed by atoms with Crippen molar-refractivity contribution in [3.8, 4) is 0 Å². The lowest BCUT2D eigenvalue weighted by molar-refractivity contribution is 0.0523. The number of nitrogens with zero attached hydrogens (tertiary/aromatic N) is 2. The van der Waals surface area contributed by atoms with Gasteiger partial charge in [-0.25, -0.2) is 0 Å². The molecule has 1 fully saturated rings. The molecule has 0 saturated carbocycles. The van der Waals surface area contributed by atoms with Crippen LogP contribution in [0.5, 0.6) is 0 Å². The minimum absolute atomic E-state index is 0.317. The number of ether oxygens (including phenoxy) is 2. The van der Waals surface area contributed by atoms with Crippen LogP contribution in [0.4, 0.5) is 0 Å². The minimum atomic E-state index is 0.317. The molecular formula is C14H24BrN3O2. The molecule has 114 valence electrons. The van der Waals surface area contributed by atoms with Crippen LogP contribution in [0, 0.1) is 5.92 Å². The Morgan fingerprint density at radius 2 is 2.30 bits per heavy atom. The molecule has 5 nitrogen and oxygen atoms in total. The molecule has 0 aliphatic carbocycles. The predicted octanol–water partition coefficient (Wildman–Crippen LogP) is 2.37. The molecule has 1 aliphatic heterocycles. The van der Waals surface area contributed by atoms with Crippen molar-refractivity contribution in [1.82, 2.24) is 15.1 Å². The van der Waals surface area contributed by atoms with Crippen molar-refractivity contribution in [3.05, 3.63) is 16.4 Å². The van der Waals surface area contributed by atoms with Crippen LogP contribution in [0.3, 0.4) is 0 Å². The van der Waals surface area contributed by atoms with Crippen molar-refractivity contribution in [1.29, 1.82) is 0 Å². The summed E-state index contributed by atoms with van der Waals surface area (Å²) < 4.78 is 13.8. The van der Waals surface area contributed by atoms with Crippen LogP contribution >= 0.6 is 15.9 Å². The average molecular weight is 346 g/mol. The van der Waals surface area contributed by atoms with Crippen LogP contribution in [0.15, 0.2) is 10.7 Å². The molecule has 0 bridgehead atoms. The van der Waals surface area contributed by atoms with E-state index in [1.165, 1.54) is 5.69 Å². The summed E-state index contributed by atoms with van der Waals surface area (Å²) in [7, 11) is 1.72. The highest BCUT2D eigenvalue weighted by Gasteiger charge is 2.29. The highest BCUT2D eigenvalue weighted by Crippen LogP contribution is 2.33. The molecule has 0 amide bonds. The number of hydrogen-bond acceptors (Lipinski definition) is 4. The molecular weight excluding hydrogens is 322 g/mol. The molecule has 20 heavy (non-hydrogen) atoms. The molecule has 2 heterocycles. The highest BCUT2D eigenvalue weighted by atomic mass is 79.9. The van der Waals surface area contributed by atoms with E-state index in [2.05, 4.69) is 38.0 Å². The van der Waals surface area contributed by atoms with Gasteiger partial charge < -0.3 is 14.8 Å². The summed E-state index contributed by atoms with van der Waals surface area (Å²) in [5, 5.41) is 8.09. The smallest absolute Gasteiger partial charge is 0.0699 e. The first-order valence-corrected chi connectivity index (χ1v) is 8.08. The molecule has 1 aromatic rings. The lowest BCUT2D eigenvalue weighted by Crippen LogP contribution is -2.34. The SMILES string of the molecule is CCNC(c1c(Br)cnn1CCOC)C1CCOCC1. The molecule has 2 rings (SSSR count). The fourth-order valence-corrected chi connectivity index (χ4v) is 3.34. The Morgan fingerprint density at radius 3 is 2.95 bits per heavy atom. The van der Waals surface area contributed by atoms with Gasteiger partial charge in [-0.1, -0.05) is 6.92 Å². The van der Waals surface area contributed by atoms with Gasteiger partial charge in [0.1, 0.15) is 0 Å². The van der Waals surface area contributed by atoms with Crippen LogP contribution in [0.1, 0.15) is 31.5 Å². The zero-order valence-corrected chi connectivity index (χ0v) is 13.9. The summed E-state index contributed by atoms with van der Waals surface area (Å²) in [5.74, 6) is 0.595. The second-order valence-electron chi connectivity index (χ2n) is 5.08. The topological polar surface area (TPSA) is 48.3 Å². The number of halogens is 1. The van der Waals surface area contributed by atoms with E-state index in [-0.39, 0.29) is 0 Å².